The highest BCUT2D eigenvalue weighted by atomic mass is 16.3. The van der Waals surface area contributed by atoms with Crippen molar-refractivity contribution in [3.8, 4) is 0 Å². The van der Waals surface area contributed by atoms with Crippen molar-refractivity contribution in [1.82, 2.24) is 4.98 Å². The molecule has 0 saturated heterocycles. The van der Waals surface area contributed by atoms with Crippen molar-refractivity contribution >= 4 is 0 Å². The van der Waals surface area contributed by atoms with Gasteiger partial charge in [0.2, 0.25) is 0 Å². The number of aromatic nitrogens is 1. The molecule has 1 aliphatic carbocycles. The molecule has 0 amide bonds. The summed E-state index contributed by atoms with van der Waals surface area (Å²) < 4.78 is 0. The number of aliphatic hydroxyl groups is 1. The minimum absolute atomic E-state index is 0.164. The second-order valence-electron chi connectivity index (χ2n) is 4.96. The first-order chi connectivity index (χ1) is 7.77. The zero-order valence-electron chi connectivity index (χ0n) is 10.0. The maximum Gasteiger partial charge on any atom is 0.0651 e. The fourth-order valence-electron chi connectivity index (χ4n) is 2.94. The highest BCUT2D eigenvalue weighted by molar-refractivity contribution is 5.06. The third kappa shape index (κ3) is 2.27. The smallest absolute Gasteiger partial charge is 0.0651 e. The topological polar surface area (TPSA) is 33.1 Å². The predicted molar refractivity (Wildman–Crippen MR) is 65.1 cm³/mol. The number of hydrogen-bond donors (Lipinski definition) is 1. The van der Waals surface area contributed by atoms with E-state index in [1.165, 1.54) is 25.7 Å². The monoisotopic (exact) mass is 219 g/mol. The number of aliphatic hydroxyl groups excluding tert-OH is 1. The van der Waals surface area contributed by atoms with Crippen LogP contribution in [0.2, 0.25) is 0 Å². The van der Waals surface area contributed by atoms with Crippen LogP contribution in [0.4, 0.5) is 0 Å². The summed E-state index contributed by atoms with van der Waals surface area (Å²) in [5.41, 5.74) is 1.17. The van der Waals surface area contributed by atoms with Gasteiger partial charge in [-0.25, -0.2) is 0 Å². The summed E-state index contributed by atoms with van der Waals surface area (Å²) >= 11 is 0. The Kier molecular flexibility index (Phi) is 3.59. The van der Waals surface area contributed by atoms with Gasteiger partial charge in [0.1, 0.15) is 0 Å². The number of pyridine rings is 1. The van der Waals surface area contributed by atoms with Gasteiger partial charge in [-0.15, -0.1) is 0 Å². The van der Waals surface area contributed by atoms with Crippen molar-refractivity contribution in [2.24, 2.45) is 5.41 Å². The van der Waals surface area contributed by atoms with Gasteiger partial charge in [0, 0.05) is 18.3 Å². The van der Waals surface area contributed by atoms with Crippen molar-refractivity contribution < 1.29 is 5.11 Å². The maximum absolute atomic E-state index is 10.4. The van der Waals surface area contributed by atoms with E-state index in [4.69, 9.17) is 0 Å². The molecule has 1 aromatic rings. The molecule has 1 fully saturated rings. The average molecular weight is 219 g/mol. The molecule has 16 heavy (non-hydrogen) atoms. The minimum atomic E-state index is -0.227. The van der Waals surface area contributed by atoms with Crippen LogP contribution < -0.4 is 0 Å². The number of hydrogen-bond acceptors (Lipinski definition) is 2. The van der Waals surface area contributed by atoms with E-state index in [0.29, 0.717) is 6.42 Å². The van der Waals surface area contributed by atoms with Crippen LogP contribution in [0, 0.1) is 5.41 Å². The molecular formula is C14H21NO. The Morgan fingerprint density at radius 3 is 2.69 bits per heavy atom. The van der Waals surface area contributed by atoms with Crippen LogP contribution in [-0.2, 0) is 6.42 Å². The van der Waals surface area contributed by atoms with E-state index in [9.17, 15) is 5.11 Å². The van der Waals surface area contributed by atoms with E-state index in [-0.39, 0.29) is 11.5 Å². The molecule has 0 aliphatic heterocycles. The predicted octanol–water partition coefficient (Wildman–Crippen LogP) is 2.96. The lowest BCUT2D eigenvalue weighted by Gasteiger charge is -2.33. The Balaban J connectivity index is 2.04. The van der Waals surface area contributed by atoms with Crippen LogP contribution in [0.15, 0.2) is 24.4 Å². The Labute approximate surface area is 97.7 Å². The normalized spacial score (nSPS) is 20.9. The molecule has 0 bridgehead atoms. The molecule has 1 heterocycles. The van der Waals surface area contributed by atoms with E-state index in [1.54, 1.807) is 6.20 Å². The highest BCUT2D eigenvalue weighted by Crippen LogP contribution is 2.44. The molecule has 1 saturated carbocycles. The van der Waals surface area contributed by atoms with Gasteiger partial charge in [-0.2, -0.15) is 0 Å². The van der Waals surface area contributed by atoms with Crippen LogP contribution >= 0.6 is 0 Å². The molecule has 1 aromatic heterocycles. The summed E-state index contributed by atoms with van der Waals surface area (Å²) in [6.07, 6.45) is 8.26. The molecular weight excluding hydrogens is 198 g/mol. The molecule has 0 radical (unpaired) electrons. The molecule has 88 valence electrons. The maximum atomic E-state index is 10.4. The Bertz CT molecular complexity index is 317. The minimum Gasteiger partial charge on any atom is -0.392 e. The molecule has 1 N–H and O–H groups in total. The zero-order valence-corrected chi connectivity index (χ0v) is 10.0. The van der Waals surface area contributed by atoms with Gasteiger partial charge in [-0.3, -0.25) is 4.98 Å². The third-order valence-electron chi connectivity index (χ3n) is 4.14. The largest absolute Gasteiger partial charge is 0.392 e. The van der Waals surface area contributed by atoms with Crippen molar-refractivity contribution in [2.75, 3.05) is 0 Å². The number of rotatable bonds is 4. The van der Waals surface area contributed by atoms with Crippen molar-refractivity contribution in [2.45, 2.75) is 51.6 Å². The van der Waals surface area contributed by atoms with Crippen LogP contribution in [0.3, 0.4) is 0 Å². The van der Waals surface area contributed by atoms with Crippen LogP contribution in [0.1, 0.15) is 44.7 Å². The van der Waals surface area contributed by atoms with Gasteiger partial charge in [0.15, 0.2) is 0 Å². The third-order valence-corrected chi connectivity index (χ3v) is 4.14. The first-order valence-corrected chi connectivity index (χ1v) is 6.35. The second-order valence-corrected chi connectivity index (χ2v) is 4.96. The van der Waals surface area contributed by atoms with Gasteiger partial charge in [-0.05, 0) is 36.8 Å². The summed E-state index contributed by atoms with van der Waals surface area (Å²) in [7, 11) is 0. The van der Waals surface area contributed by atoms with Crippen LogP contribution in [0.5, 0.6) is 0 Å². The molecule has 2 heteroatoms. The molecule has 0 spiro atoms. The Hall–Kier alpha value is -0.890. The lowest BCUT2D eigenvalue weighted by molar-refractivity contribution is 0.0250. The molecule has 2 nitrogen and oxygen atoms in total. The van der Waals surface area contributed by atoms with Gasteiger partial charge in [-0.1, -0.05) is 25.8 Å². The van der Waals surface area contributed by atoms with Crippen molar-refractivity contribution in [3.05, 3.63) is 30.1 Å². The lowest BCUT2D eigenvalue weighted by atomic mass is 9.76. The fourth-order valence-corrected chi connectivity index (χ4v) is 2.94. The second kappa shape index (κ2) is 4.96. The first kappa shape index (κ1) is 11.6. The molecule has 0 aromatic carbocycles. The van der Waals surface area contributed by atoms with E-state index in [0.717, 1.165) is 12.1 Å². The highest BCUT2D eigenvalue weighted by Gasteiger charge is 2.38. The van der Waals surface area contributed by atoms with Gasteiger partial charge in [0.25, 0.3) is 0 Å². The molecule has 1 unspecified atom stereocenters. The quantitative estimate of drug-likeness (QED) is 0.844. The summed E-state index contributed by atoms with van der Waals surface area (Å²) in [6, 6.07) is 5.91. The summed E-state index contributed by atoms with van der Waals surface area (Å²) in [5.74, 6) is 0. The summed E-state index contributed by atoms with van der Waals surface area (Å²) in [6.45, 7) is 2.20. The fraction of sp³-hybridized carbons (Fsp3) is 0.643. The van der Waals surface area contributed by atoms with Crippen LogP contribution in [-0.4, -0.2) is 16.2 Å². The Morgan fingerprint density at radius 1 is 1.38 bits per heavy atom. The van der Waals surface area contributed by atoms with E-state index < -0.39 is 0 Å². The summed E-state index contributed by atoms with van der Waals surface area (Å²) in [4.78, 5) is 4.30. The van der Waals surface area contributed by atoms with Crippen molar-refractivity contribution in [1.29, 1.82) is 0 Å². The molecule has 1 atom stereocenters. The average Bonchev–Trinajstić information content (AvgIpc) is 2.80. The Morgan fingerprint density at radius 2 is 2.12 bits per heavy atom. The van der Waals surface area contributed by atoms with Gasteiger partial charge in [0.05, 0.1) is 6.10 Å². The van der Waals surface area contributed by atoms with E-state index in [2.05, 4.69) is 11.9 Å². The van der Waals surface area contributed by atoms with Gasteiger partial charge < -0.3 is 5.11 Å². The molecule has 1 aliphatic rings. The number of nitrogens with zero attached hydrogens (tertiary/aromatic N) is 1. The first-order valence-electron chi connectivity index (χ1n) is 6.35. The van der Waals surface area contributed by atoms with Crippen LogP contribution in [0.25, 0.3) is 0 Å². The van der Waals surface area contributed by atoms with E-state index >= 15 is 0 Å². The lowest BCUT2D eigenvalue weighted by Crippen LogP contribution is -2.33. The standard InChI is InChI=1S/C14H21NO/c1-2-14(8-4-5-9-14)13(16)11-12-7-3-6-10-15-12/h3,6-7,10,13,16H,2,4-5,8-9,11H2,1H3. The summed E-state index contributed by atoms with van der Waals surface area (Å²) in [5, 5.41) is 10.4. The zero-order chi connectivity index (χ0) is 11.4. The van der Waals surface area contributed by atoms with Crippen molar-refractivity contribution in [3.63, 3.8) is 0 Å². The van der Waals surface area contributed by atoms with E-state index in [1.807, 2.05) is 18.2 Å². The van der Waals surface area contributed by atoms with Gasteiger partial charge >= 0.3 is 0 Å². The molecule has 2 rings (SSSR count). The SMILES string of the molecule is CCC1(C(O)Cc2ccccn2)CCCC1.